The number of benzene rings is 1. The second kappa shape index (κ2) is 20.2. The number of carbonyl (C=O) groups is 5. The third kappa shape index (κ3) is 11.9. The molecule has 0 radical (unpaired) electrons. The molecule has 2 fully saturated rings. The number of amides is 5. The standard InChI is InChI=1S/C40H64N6O7S/c1-9-11-22-31(35(47)37(49)41-24-10-2)42-36(48)34-30(27(3)4)23-25-46(34)38(50)33(28-18-14-12-15-19-28)44-39(51)43-32(40(5,6)7)26-45(8)54(52,53)29-20-16-13-17-21-29/h10,13,16-17,20-21,27-28,30-34H,2,9,11-12,14-15,18-19,22-26H2,1,3-8H3,(H,41,49)(H,42,48)(H2,43,44,51)/t30-,31?,32-,33+,34+/m1/s1. The molecule has 1 saturated carbocycles. The lowest BCUT2D eigenvalue weighted by molar-refractivity contribution is -0.144. The SMILES string of the molecule is C=CCNC(=O)C(=O)C(CCCC)NC(=O)[C@@H]1[C@@H](C(C)C)CCN1C(=O)[C@@H](NC(=O)N[C@H](CN(C)S(=O)(=O)c1ccccc1)C(C)(C)C)C1CCCCC1. The van der Waals surface area contributed by atoms with Crippen LogP contribution in [-0.4, -0.2) is 98.0 Å². The third-order valence-corrected chi connectivity index (χ3v) is 12.7. The molecular weight excluding hydrogens is 709 g/mol. The van der Waals surface area contributed by atoms with Crippen molar-refractivity contribution in [3.05, 3.63) is 43.0 Å². The van der Waals surface area contributed by atoms with Crippen LogP contribution in [0.3, 0.4) is 0 Å². The van der Waals surface area contributed by atoms with E-state index in [2.05, 4.69) is 27.8 Å². The molecule has 1 saturated heterocycles. The molecule has 4 N–H and O–H groups in total. The Morgan fingerprint density at radius 1 is 0.981 bits per heavy atom. The fourth-order valence-corrected chi connectivity index (χ4v) is 8.68. The number of hydrogen-bond donors (Lipinski definition) is 4. The Morgan fingerprint density at radius 2 is 1.63 bits per heavy atom. The number of likely N-dealkylation sites (tertiary alicyclic amines) is 1. The first kappa shape index (κ1) is 44.6. The first-order chi connectivity index (χ1) is 25.4. The number of ketones is 1. The van der Waals surface area contributed by atoms with Gasteiger partial charge in [-0.15, -0.1) is 6.58 Å². The molecule has 13 nitrogen and oxygen atoms in total. The second-order valence-corrected chi connectivity index (χ2v) is 18.3. The summed E-state index contributed by atoms with van der Waals surface area (Å²) in [5.74, 6) is -2.76. The third-order valence-electron chi connectivity index (χ3n) is 10.9. The quantitative estimate of drug-likeness (QED) is 0.127. The summed E-state index contributed by atoms with van der Waals surface area (Å²) in [6, 6.07) is 4.00. The van der Waals surface area contributed by atoms with Gasteiger partial charge in [-0.3, -0.25) is 19.2 Å². The van der Waals surface area contributed by atoms with Crippen molar-refractivity contribution >= 4 is 39.6 Å². The van der Waals surface area contributed by atoms with Gasteiger partial charge in [-0.2, -0.15) is 4.31 Å². The Balaban J connectivity index is 1.88. The van der Waals surface area contributed by atoms with Crippen LogP contribution in [0.5, 0.6) is 0 Å². The van der Waals surface area contributed by atoms with E-state index in [9.17, 15) is 32.4 Å². The molecule has 5 amide bonds. The summed E-state index contributed by atoms with van der Waals surface area (Å²) in [5.41, 5.74) is -0.556. The fourth-order valence-electron chi connectivity index (χ4n) is 7.47. The molecular formula is C40H64N6O7S. The van der Waals surface area contributed by atoms with Crippen LogP contribution < -0.4 is 21.3 Å². The molecule has 1 aliphatic heterocycles. The number of carbonyl (C=O) groups excluding carboxylic acids is 5. The molecule has 302 valence electrons. The van der Waals surface area contributed by atoms with Crippen LogP contribution in [0, 0.1) is 23.2 Å². The van der Waals surface area contributed by atoms with Crippen molar-refractivity contribution in [1.82, 2.24) is 30.5 Å². The number of urea groups is 1. The molecule has 1 aliphatic carbocycles. The van der Waals surface area contributed by atoms with Crippen molar-refractivity contribution < 1.29 is 32.4 Å². The first-order valence-corrected chi connectivity index (χ1v) is 21.0. The van der Waals surface area contributed by atoms with E-state index in [0.29, 0.717) is 19.4 Å². The van der Waals surface area contributed by atoms with Crippen LogP contribution in [0.2, 0.25) is 0 Å². The van der Waals surface area contributed by atoms with Crippen LogP contribution in [0.1, 0.15) is 99.3 Å². The molecule has 5 atom stereocenters. The van der Waals surface area contributed by atoms with Gasteiger partial charge in [0, 0.05) is 32.7 Å². The number of rotatable bonds is 18. The molecule has 0 bridgehead atoms. The van der Waals surface area contributed by atoms with Gasteiger partial charge in [-0.05, 0) is 61.0 Å². The Hall–Kier alpha value is -3.78. The van der Waals surface area contributed by atoms with Crippen molar-refractivity contribution in [2.45, 2.75) is 128 Å². The highest BCUT2D eigenvalue weighted by atomic mass is 32.2. The van der Waals surface area contributed by atoms with Gasteiger partial charge in [0.25, 0.3) is 5.91 Å². The highest BCUT2D eigenvalue weighted by Crippen LogP contribution is 2.34. The maximum atomic E-state index is 14.7. The van der Waals surface area contributed by atoms with Gasteiger partial charge in [0.05, 0.1) is 10.9 Å². The van der Waals surface area contributed by atoms with E-state index in [1.165, 1.54) is 29.6 Å². The van der Waals surface area contributed by atoms with Crippen molar-refractivity contribution in [2.24, 2.45) is 23.2 Å². The Morgan fingerprint density at radius 3 is 2.20 bits per heavy atom. The predicted octanol–water partition coefficient (Wildman–Crippen LogP) is 4.39. The van der Waals surface area contributed by atoms with Crippen molar-refractivity contribution in [1.29, 1.82) is 0 Å². The minimum absolute atomic E-state index is 0.00976. The van der Waals surface area contributed by atoms with Gasteiger partial charge in [0.15, 0.2) is 0 Å². The van der Waals surface area contributed by atoms with E-state index in [1.807, 2.05) is 41.5 Å². The largest absolute Gasteiger partial charge is 0.346 e. The summed E-state index contributed by atoms with van der Waals surface area (Å²) in [7, 11) is -2.36. The minimum atomic E-state index is -3.83. The van der Waals surface area contributed by atoms with E-state index >= 15 is 0 Å². The van der Waals surface area contributed by atoms with E-state index in [1.54, 1.807) is 23.1 Å². The molecule has 0 aromatic heterocycles. The average Bonchev–Trinajstić information content (AvgIpc) is 3.60. The summed E-state index contributed by atoms with van der Waals surface area (Å²) in [6.45, 7) is 15.6. The molecule has 14 heteroatoms. The maximum Gasteiger partial charge on any atom is 0.315 e. The molecule has 54 heavy (non-hydrogen) atoms. The lowest BCUT2D eigenvalue weighted by Gasteiger charge is -2.38. The lowest BCUT2D eigenvalue weighted by Crippen LogP contribution is -2.61. The zero-order chi connectivity index (χ0) is 40.2. The molecule has 1 aromatic rings. The number of likely N-dealkylation sites (N-methyl/N-ethyl adjacent to an activating group) is 1. The molecule has 1 heterocycles. The van der Waals surface area contributed by atoms with E-state index in [4.69, 9.17) is 0 Å². The minimum Gasteiger partial charge on any atom is -0.346 e. The number of nitrogens with one attached hydrogen (secondary N) is 4. The van der Waals surface area contributed by atoms with Gasteiger partial charge in [-0.25, -0.2) is 13.2 Å². The zero-order valence-corrected chi connectivity index (χ0v) is 34.2. The van der Waals surface area contributed by atoms with Gasteiger partial charge in [-0.1, -0.05) is 97.9 Å². The first-order valence-electron chi connectivity index (χ1n) is 19.6. The van der Waals surface area contributed by atoms with Crippen molar-refractivity contribution in [2.75, 3.05) is 26.7 Å². The van der Waals surface area contributed by atoms with Gasteiger partial charge in [0.1, 0.15) is 12.1 Å². The topological polar surface area (TPSA) is 174 Å². The summed E-state index contributed by atoms with van der Waals surface area (Å²) >= 11 is 0. The summed E-state index contributed by atoms with van der Waals surface area (Å²) in [4.78, 5) is 70.3. The van der Waals surface area contributed by atoms with E-state index in [-0.39, 0.29) is 48.1 Å². The van der Waals surface area contributed by atoms with E-state index < -0.39 is 63.2 Å². The summed E-state index contributed by atoms with van der Waals surface area (Å²) in [6.07, 6.45) is 7.94. The van der Waals surface area contributed by atoms with Crippen molar-refractivity contribution in [3.8, 4) is 0 Å². The predicted molar refractivity (Wildman–Crippen MR) is 210 cm³/mol. The molecule has 3 rings (SSSR count). The average molecular weight is 773 g/mol. The van der Waals surface area contributed by atoms with Crippen LogP contribution in [0.4, 0.5) is 4.79 Å². The highest BCUT2D eigenvalue weighted by molar-refractivity contribution is 7.89. The van der Waals surface area contributed by atoms with Crippen LogP contribution in [0.25, 0.3) is 0 Å². The number of sulfonamides is 1. The zero-order valence-electron chi connectivity index (χ0n) is 33.4. The van der Waals surface area contributed by atoms with E-state index in [0.717, 1.165) is 38.5 Å². The number of unbranched alkanes of at least 4 members (excludes halogenated alkanes) is 1. The Kier molecular flexibility index (Phi) is 16.7. The maximum absolute atomic E-state index is 14.7. The van der Waals surface area contributed by atoms with Crippen LogP contribution in [-0.2, 0) is 29.2 Å². The number of Topliss-reactive ketones (excluding diaryl/α,β-unsaturated/α-hetero) is 1. The Bertz CT molecular complexity index is 1560. The van der Waals surface area contributed by atoms with Gasteiger partial charge >= 0.3 is 6.03 Å². The van der Waals surface area contributed by atoms with Gasteiger partial charge in [0.2, 0.25) is 27.6 Å². The number of hydrogen-bond acceptors (Lipinski definition) is 7. The monoisotopic (exact) mass is 772 g/mol. The van der Waals surface area contributed by atoms with Crippen LogP contribution >= 0.6 is 0 Å². The second-order valence-electron chi connectivity index (χ2n) is 16.3. The lowest BCUT2D eigenvalue weighted by atomic mass is 9.82. The van der Waals surface area contributed by atoms with Gasteiger partial charge < -0.3 is 26.2 Å². The summed E-state index contributed by atoms with van der Waals surface area (Å²) < 4.78 is 28.0. The number of nitrogens with zero attached hydrogens (tertiary/aromatic N) is 2. The summed E-state index contributed by atoms with van der Waals surface area (Å²) in [5, 5.41) is 11.3. The molecule has 0 spiro atoms. The highest BCUT2D eigenvalue weighted by Gasteiger charge is 2.47. The molecule has 1 aromatic carbocycles. The molecule has 1 unspecified atom stereocenters. The fraction of sp³-hybridized carbons (Fsp3) is 0.675. The molecule has 2 aliphatic rings. The van der Waals surface area contributed by atoms with Crippen LogP contribution in [0.15, 0.2) is 47.9 Å². The van der Waals surface area contributed by atoms with Crippen molar-refractivity contribution in [3.63, 3.8) is 0 Å². The smallest absolute Gasteiger partial charge is 0.315 e. The normalized spacial score (nSPS) is 19.8. The Labute approximate surface area is 322 Å².